The standard InChI is InChI=1S/C9H20S.C2H2N2O8S3/c1-3-4-5-6-7-8-9-10-2;5-14(6,7)11-1-3-4-2(13-1)12-15(8,9)10/h3-9H2,1-2H3;(H,5,6,7)(H,8,9,10). The van der Waals surface area contributed by atoms with Crippen LogP contribution in [0.25, 0.3) is 0 Å². The van der Waals surface area contributed by atoms with E-state index in [1.54, 1.807) is 0 Å². The molecule has 10 nitrogen and oxygen atoms in total. The predicted molar refractivity (Wildman–Crippen MR) is 96.0 cm³/mol. The van der Waals surface area contributed by atoms with Crippen molar-refractivity contribution >= 4 is 43.9 Å². The Labute approximate surface area is 156 Å². The highest BCUT2D eigenvalue weighted by molar-refractivity contribution is 7.98. The summed E-state index contributed by atoms with van der Waals surface area (Å²) in [6.07, 6.45) is 10.7. The molecule has 0 fully saturated rings. The Morgan fingerprint density at radius 1 is 0.920 bits per heavy atom. The quantitative estimate of drug-likeness (QED) is 0.387. The van der Waals surface area contributed by atoms with Gasteiger partial charge in [0.15, 0.2) is 0 Å². The number of nitrogens with zero attached hydrogens (tertiary/aromatic N) is 2. The first-order valence-corrected chi connectivity index (χ1v) is 12.2. The minimum absolute atomic E-state index is 0.242. The lowest BCUT2D eigenvalue weighted by Gasteiger charge is -1.97. The van der Waals surface area contributed by atoms with Gasteiger partial charge < -0.3 is 8.37 Å². The minimum atomic E-state index is -4.77. The average Bonchev–Trinajstić information content (AvgIpc) is 2.86. The number of aromatic nitrogens is 2. The first-order chi connectivity index (χ1) is 11.6. The van der Waals surface area contributed by atoms with Gasteiger partial charge in [-0.05, 0) is 29.8 Å². The van der Waals surface area contributed by atoms with Crippen molar-refractivity contribution in [1.82, 2.24) is 10.2 Å². The van der Waals surface area contributed by atoms with Crippen molar-refractivity contribution in [3.63, 3.8) is 0 Å². The lowest BCUT2D eigenvalue weighted by atomic mass is 10.1. The van der Waals surface area contributed by atoms with Crippen LogP contribution in [0.3, 0.4) is 0 Å². The smallest absolute Gasteiger partial charge is 0.329 e. The predicted octanol–water partition coefficient (Wildman–Crippen LogP) is 2.61. The zero-order chi connectivity index (χ0) is 19.3. The van der Waals surface area contributed by atoms with Crippen LogP contribution in [-0.2, 0) is 20.8 Å². The van der Waals surface area contributed by atoms with Gasteiger partial charge in [0.25, 0.3) is 0 Å². The number of unbranched alkanes of at least 4 members (excludes halogenated alkanes) is 5. The van der Waals surface area contributed by atoms with E-state index in [2.05, 4.69) is 31.7 Å². The van der Waals surface area contributed by atoms with E-state index in [1.807, 2.05) is 11.8 Å². The topological polar surface area (TPSA) is 153 Å². The monoisotopic (exact) mass is 438 g/mol. The molecule has 0 atom stereocenters. The van der Waals surface area contributed by atoms with E-state index in [0.717, 1.165) is 0 Å². The number of hydrogen-bond acceptors (Lipinski definition) is 10. The fourth-order valence-electron chi connectivity index (χ4n) is 1.47. The first kappa shape index (κ1) is 24.3. The molecule has 1 rings (SSSR count). The van der Waals surface area contributed by atoms with Crippen LogP contribution in [0.15, 0.2) is 0 Å². The number of hydrogen-bond donors (Lipinski definition) is 2. The lowest BCUT2D eigenvalue weighted by Crippen LogP contribution is -2.06. The molecule has 0 bridgehead atoms. The van der Waals surface area contributed by atoms with Crippen LogP contribution in [0, 0.1) is 0 Å². The van der Waals surface area contributed by atoms with Gasteiger partial charge in [-0.1, -0.05) is 49.2 Å². The van der Waals surface area contributed by atoms with E-state index >= 15 is 0 Å². The van der Waals surface area contributed by atoms with Crippen molar-refractivity contribution < 1.29 is 34.3 Å². The van der Waals surface area contributed by atoms with E-state index in [-0.39, 0.29) is 11.3 Å². The summed E-state index contributed by atoms with van der Waals surface area (Å²) in [5, 5.41) is 4.64. The third kappa shape index (κ3) is 16.5. The first-order valence-electron chi connectivity index (χ1n) is 7.23. The zero-order valence-electron chi connectivity index (χ0n) is 13.8. The molecule has 1 aromatic heterocycles. The van der Waals surface area contributed by atoms with E-state index in [9.17, 15) is 16.8 Å². The molecule has 2 N–H and O–H groups in total. The Kier molecular flexibility index (Phi) is 12.3. The van der Waals surface area contributed by atoms with Crippen LogP contribution in [0.5, 0.6) is 10.4 Å². The molecule has 0 radical (unpaired) electrons. The van der Waals surface area contributed by atoms with Gasteiger partial charge in [0, 0.05) is 0 Å². The second-order valence-electron chi connectivity index (χ2n) is 4.62. The van der Waals surface area contributed by atoms with Crippen molar-refractivity contribution in [1.29, 1.82) is 0 Å². The molecule has 1 heterocycles. The van der Waals surface area contributed by atoms with Crippen molar-refractivity contribution in [2.45, 2.75) is 45.4 Å². The summed E-state index contributed by atoms with van der Waals surface area (Å²) in [6, 6.07) is 0. The lowest BCUT2D eigenvalue weighted by molar-refractivity contribution is 0.379. The van der Waals surface area contributed by atoms with Crippen LogP contribution in [0.4, 0.5) is 0 Å². The van der Waals surface area contributed by atoms with Gasteiger partial charge in [-0.25, -0.2) is 0 Å². The fraction of sp³-hybridized carbons (Fsp3) is 0.818. The Morgan fingerprint density at radius 3 is 1.76 bits per heavy atom. The van der Waals surface area contributed by atoms with Gasteiger partial charge in [0.1, 0.15) is 0 Å². The fourth-order valence-corrected chi connectivity index (χ4v) is 3.49. The Balaban J connectivity index is 0.000000504. The van der Waals surface area contributed by atoms with Gasteiger partial charge in [-0.2, -0.15) is 28.6 Å². The van der Waals surface area contributed by atoms with Crippen LogP contribution < -0.4 is 8.37 Å². The summed E-state index contributed by atoms with van der Waals surface area (Å²) in [4.78, 5) is 0. The summed E-state index contributed by atoms with van der Waals surface area (Å²) in [7, 11) is -9.53. The SMILES string of the molecule is CCCCCCCCSC.O=S(=O)(O)Oc1nnc(OS(=O)(=O)O)s1. The van der Waals surface area contributed by atoms with Crippen LogP contribution in [0.1, 0.15) is 45.4 Å². The number of rotatable bonds is 11. The molecule has 0 aliphatic carbocycles. The molecule has 0 aromatic carbocycles. The molecule has 0 saturated carbocycles. The van der Waals surface area contributed by atoms with Crippen LogP contribution >= 0.6 is 23.1 Å². The van der Waals surface area contributed by atoms with E-state index in [4.69, 9.17) is 9.11 Å². The summed E-state index contributed by atoms with van der Waals surface area (Å²) < 4.78 is 64.6. The van der Waals surface area contributed by atoms with Gasteiger partial charge in [0.05, 0.1) is 0 Å². The van der Waals surface area contributed by atoms with E-state index in [1.165, 1.54) is 44.3 Å². The van der Waals surface area contributed by atoms with Crippen molar-refractivity contribution in [3.05, 3.63) is 0 Å². The largest absolute Gasteiger partial charge is 0.448 e. The molecule has 0 spiro atoms. The molecular weight excluding hydrogens is 416 g/mol. The maximum absolute atomic E-state index is 10.2. The molecule has 14 heteroatoms. The molecular formula is C11H22N2O8S4. The maximum atomic E-state index is 10.2. The van der Waals surface area contributed by atoms with Gasteiger partial charge in [-0.3, -0.25) is 9.11 Å². The van der Waals surface area contributed by atoms with Crippen molar-refractivity contribution in [3.8, 4) is 10.4 Å². The Hall–Kier alpha value is -0.670. The van der Waals surface area contributed by atoms with Gasteiger partial charge in [0.2, 0.25) is 0 Å². The molecule has 0 amide bonds. The molecule has 0 unspecified atom stereocenters. The molecule has 0 aliphatic heterocycles. The third-order valence-electron chi connectivity index (χ3n) is 2.44. The maximum Gasteiger partial charge on any atom is 0.448 e. The van der Waals surface area contributed by atoms with Crippen LogP contribution in [0.2, 0.25) is 0 Å². The minimum Gasteiger partial charge on any atom is -0.329 e. The average molecular weight is 439 g/mol. The third-order valence-corrected chi connectivity index (χ3v) is 4.77. The summed E-state index contributed by atoms with van der Waals surface area (Å²) in [5.74, 6) is 1.35. The van der Waals surface area contributed by atoms with Gasteiger partial charge in [-0.15, -0.1) is 0 Å². The summed E-state index contributed by atoms with van der Waals surface area (Å²) >= 11 is 2.21. The van der Waals surface area contributed by atoms with E-state index in [0.29, 0.717) is 0 Å². The Bertz CT molecular complexity index is 618. The van der Waals surface area contributed by atoms with Crippen molar-refractivity contribution in [2.75, 3.05) is 12.0 Å². The summed E-state index contributed by atoms with van der Waals surface area (Å²) in [6.45, 7) is 2.27. The number of thioether (sulfide) groups is 1. The highest BCUT2D eigenvalue weighted by Gasteiger charge is 2.16. The Morgan fingerprint density at radius 2 is 1.36 bits per heavy atom. The zero-order valence-corrected chi connectivity index (χ0v) is 17.1. The highest BCUT2D eigenvalue weighted by atomic mass is 32.3. The highest BCUT2D eigenvalue weighted by Crippen LogP contribution is 2.25. The second kappa shape index (κ2) is 12.6. The molecule has 25 heavy (non-hydrogen) atoms. The van der Waals surface area contributed by atoms with E-state index < -0.39 is 31.2 Å². The van der Waals surface area contributed by atoms with Crippen LogP contribution in [-0.4, -0.2) is 48.1 Å². The molecule has 0 aliphatic rings. The molecule has 1 aromatic rings. The molecule has 148 valence electrons. The van der Waals surface area contributed by atoms with Gasteiger partial charge >= 0.3 is 31.2 Å². The van der Waals surface area contributed by atoms with Crippen molar-refractivity contribution in [2.24, 2.45) is 0 Å². The normalized spacial score (nSPS) is 11.5. The molecule has 0 saturated heterocycles. The summed E-state index contributed by atoms with van der Waals surface area (Å²) in [5.41, 5.74) is 0. The second-order valence-corrected chi connectivity index (χ2v) is 8.55.